The van der Waals surface area contributed by atoms with E-state index >= 15 is 0 Å². The van der Waals surface area contributed by atoms with Crippen LogP contribution in [0.15, 0.2) is 24.3 Å². The van der Waals surface area contributed by atoms with Crippen LogP contribution in [0.2, 0.25) is 0 Å². The minimum atomic E-state index is -4.42. The molecule has 1 aromatic carbocycles. The molecule has 0 amide bonds. The first-order valence-corrected chi connectivity index (χ1v) is 11.6. The maximum Gasteiger partial charge on any atom is 0.416 e. The van der Waals surface area contributed by atoms with E-state index < -0.39 is 36.0 Å². The molecule has 3 rings (SSSR count). The number of halogens is 3. The number of hydrogen-bond acceptors (Lipinski definition) is 4. The third-order valence-corrected chi connectivity index (χ3v) is 6.09. The van der Waals surface area contributed by atoms with Crippen LogP contribution >= 0.6 is 0 Å². The maximum absolute atomic E-state index is 13.4. The highest BCUT2D eigenvalue weighted by molar-refractivity contribution is 5.29. The quantitative estimate of drug-likeness (QED) is 0.385. The van der Waals surface area contributed by atoms with Crippen LogP contribution in [0, 0.1) is 0 Å². The first-order valence-electron chi connectivity index (χ1n) is 11.6. The fourth-order valence-electron chi connectivity index (χ4n) is 4.53. The second-order valence-electron chi connectivity index (χ2n) is 8.58. The van der Waals surface area contributed by atoms with Crippen LogP contribution in [0.3, 0.4) is 0 Å². The third-order valence-electron chi connectivity index (χ3n) is 6.09. The normalized spacial score (nSPS) is 30.6. The monoisotopic (exact) mass is 444 g/mol. The van der Waals surface area contributed by atoms with Crippen LogP contribution in [-0.2, 0) is 31.7 Å². The summed E-state index contributed by atoms with van der Waals surface area (Å²) in [4.78, 5) is 0. The molecule has 4 nitrogen and oxygen atoms in total. The Morgan fingerprint density at radius 1 is 0.968 bits per heavy atom. The molecule has 1 unspecified atom stereocenters. The predicted octanol–water partition coefficient (Wildman–Crippen LogP) is 6.61. The Bertz CT molecular complexity index is 696. The summed E-state index contributed by atoms with van der Waals surface area (Å²) < 4.78 is 65.1. The first-order chi connectivity index (χ1) is 14.8. The highest BCUT2D eigenvalue weighted by atomic mass is 19.4. The van der Waals surface area contributed by atoms with Crippen LogP contribution in [0.5, 0.6) is 0 Å². The van der Waals surface area contributed by atoms with Crippen molar-refractivity contribution >= 4 is 0 Å². The molecule has 7 heteroatoms. The van der Waals surface area contributed by atoms with Crippen molar-refractivity contribution in [3.63, 3.8) is 0 Å². The smallest absolute Gasteiger partial charge is 0.368 e. The van der Waals surface area contributed by atoms with Gasteiger partial charge in [-0.15, -0.1) is 0 Å². The van der Waals surface area contributed by atoms with Crippen LogP contribution in [0.4, 0.5) is 13.2 Å². The molecular weight excluding hydrogens is 409 g/mol. The molecule has 2 aliphatic rings. The van der Waals surface area contributed by atoms with E-state index in [1.807, 2.05) is 0 Å². The maximum atomic E-state index is 13.4. The molecule has 0 spiro atoms. The van der Waals surface area contributed by atoms with E-state index in [0.29, 0.717) is 0 Å². The van der Waals surface area contributed by atoms with Gasteiger partial charge in [0.2, 0.25) is 0 Å². The lowest BCUT2D eigenvalue weighted by molar-refractivity contribution is -0.244. The zero-order chi connectivity index (χ0) is 22.5. The molecule has 5 atom stereocenters. The summed E-state index contributed by atoms with van der Waals surface area (Å²) >= 11 is 0. The zero-order valence-electron chi connectivity index (χ0n) is 18.7. The van der Waals surface area contributed by atoms with E-state index in [-0.39, 0.29) is 18.3 Å². The molecule has 0 N–H and O–H groups in total. The molecule has 0 aliphatic carbocycles. The second kappa shape index (κ2) is 10.6. The molecule has 176 valence electrons. The number of alkyl halides is 3. The average Bonchev–Trinajstić information content (AvgIpc) is 3.23. The number of fused-ring (bicyclic) bond motifs is 1. The van der Waals surface area contributed by atoms with Gasteiger partial charge in [-0.05, 0) is 24.5 Å². The molecule has 2 fully saturated rings. The van der Waals surface area contributed by atoms with Crippen LogP contribution in [-0.4, -0.2) is 30.4 Å². The molecule has 0 saturated carbocycles. The Morgan fingerprint density at radius 3 is 2.39 bits per heavy atom. The van der Waals surface area contributed by atoms with Gasteiger partial charge in [-0.2, -0.15) is 13.2 Å². The van der Waals surface area contributed by atoms with E-state index in [0.717, 1.165) is 57.4 Å². The van der Waals surface area contributed by atoms with E-state index in [1.54, 1.807) is 6.07 Å². The summed E-state index contributed by atoms with van der Waals surface area (Å²) in [6.45, 7) is 6.15. The SMILES string of the molecule is CCCC[C@H]1O[C@@H]2OC(CCC)(CCCC)O[C@@H]2[C@H]1OCc1ccccc1C(F)(F)F. The number of benzene rings is 1. The van der Waals surface area contributed by atoms with E-state index in [2.05, 4.69) is 20.8 Å². The van der Waals surface area contributed by atoms with Crippen molar-refractivity contribution in [2.75, 3.05) is 0 Å². The molecular formula is C24H35F3O4. The Hall–Kier alpha value is -1.15. The van der Waals surface area contributed by atoms with Gasteiger partial charge >= 0.3 is 6.18 Å². The van der Waals surface area contributed by atoms with Crippen LogP contribution in [0.25, 0.3) is 0 Å². The van der Waals surface area contributed by atoms with Crippen LogP contribution in [0.1, 0.15) is 83.3 Å². The molecule has 0 radical (unpaired) electrons. The van der Waals surface area contributed by atoms with Gasteiger partial charge in [0.15, 0.2) is 12.1 Å². The largest absolute Gasteiger partial charge is 0.416 e. The zero-order valence-corrected chi connectivity index (χ0v) is 18.7. The van der Waals surface area contributed by atoms with Crippen molar-refractivity contribution in [1.82, 2.24) is 0 Å². The summed E-state index contributed by atoms with van der Waals surface area (Å²) in [5.74, 6) is -0.693. The molecule has 1 aromatic rings. The van der Waals surface area contributed by atoms with Gasteiger partial charge < -0.3 is 18.9 Å². The lowest BCUT2D eigenvalue weighted by atomic mass is 10.0. The van der Waals surface area contributed by atoms with Crippen molar-refractivity contribution in [2.24, 2.45) is 0 Å². The van der Waals surface area contributed by atoms with Crippen molar-refractivity contribution < 1.29 is 32.1 Å². The average molecular weight is 445 g/mol. The summed E-state index contributed by atoms with van der Waals surface area (Å²) in [6.07, 6.45) is 1.06. The fraction of sp³-hybridized carbons (Fsp3) is 0.750. The third kappa shape index (κ3) is 5.81. The highest BCUT2D eigenvalue weighted by Gasteiger charge is 2.57. The minimum Gasteiger partial charge on any atom is -0.368 e. The van der Waals surface area contributed by atoms with Gasteiger partial charge in [0.05, 0.1) is 18.3 Å². The molecule has 2 saturated heterocycles. The van der Waals surface area contributed by atoms with Gasteiger partial charge in [0, 0.05) is 12.8 Å². The summed E-state index contributed by atoms with van der Waals surface area (Å²) in [6, 6.07) is 5.55. The number of ether oxygens (including phenoxy) is 4. The highest BCUT2D eigenvalue weighted by Crippen LogP contribution is 2.45. The summed E-state index contributed by atoms with van der Waals surface area (Å²) in [7, 11) is 0. The van der Waals surface area contributed by atoms with Crippen LogP contribution < -0.4 is 0 Å². The van der Waals surface area contributed by atoms with Gasteiger partial charge in [-0.25, -0.2) is 0 Å². The molecule has 2 aliphatic heterocycles. The Balaban J connectivity index is 1.76. The number of rotatable bonds is 11. The summed E-state index contributed by atoms with van der Waals surface area (Å²) in [5.41, 5.74) is -0.542. The topological polar surface area (TPSA) is 36.9 Å². The van der Waals surface area contributed by atoms with Gasteiger partial charge in [0.25, 0.3) is 0 Å². The fourth-order valence-corrected chi connectivity index (χ4v) is 4.53. The molecule has 0 aromatic heterocycles. The van der Waals surface area contributed by atoms with Crippen molar-refractivity contribution in [3.8, 4) is 0 Å². The Labute approximate surface area is 183 Å². The molecule has 0 bridgehead atoms. The number of hydrogen-bond donors (Lipinski definition) is 0. The van der Waals surface area contributed by atoms with Crippen molar-refractivity contribution in [1.29, 1.82) is 0 Å². The molecule has 31 heavy (non-hydrogen) atoms. The Morgan fingerprint density at radius 2 is 1.71 bits per heavy atom. The predicted molar refractivity (Wildman–Crippen MR) is 111 cm³/mol. The van der Waals surface area contributed by atoms with Gasteiger partial charge in [-0.3, -0.25) is 0 Å². The Kier molecular flexibility index (Phi) is 8.41. The second-order valence-corrected chi connectivity index (χ2v) is 8.58. The molecule has 2 heterocycles. The standard InChI is InChI=1S/C24H35F3O4/c1-4-7-13-19-20(28-16-17-11-9-10-12-18(17)24(25,26)27)21-22(29-19)31-23(30-21,14-6-3)15-8-5-2/h9-12,19-22H,4-8,13-16H2,1-3H3/t19-,20+,21-,22-,23?/m1/s1. The van der Waals surface area contributed by atoms with Crippen molar-refractivity contribution in [2.45, 2.75) is 115 Å². The number of unbranched alkanes of at least 4 members (excludes halogenated alkanes) is 2. The van der Waals surface area contributed by atoms with Gasteiger partial charge in [-0.1, -0.05) is 64.7 Å². The lowest BCUT2D eigenvalue weighted by Gasteiger charge is -2.31. The van der Waals surface area contributed by atoms with E-state index in [9.17, 15) is 13.2 Å². The minimum absolute atomic E-state index is 0.123. The summed E-state index contributed by atoms with van der Waals surface area (Å²) in [5, 5.41) is 0. The lowest BCUT2D eigenvalue weighted by Crippen LogP contribution is -2.39. The van der Waals surface area contributed by atoms with Gasteiger partial charge in [0.1, 0.15) is 12.2 Å². The first kappa shape index (κ1) is 24.5. The van der Waals surface area contributed by atoms with E-state index in [1.165, 1.54) is 12.1 Å². The van der Waals surface area contributed by atoms with E-state index in [4.69, 9.17) is 18.9 Å². The van der Waals surface area contributed by atoms with Crippen molar-refractivity contribution in [3.05, 3.63) is 35.4 Å².